The molecule has 0 fully saturated rings. The maximum Gasteiger partial charge on any atom is 0.167 e. The van der Waals surface area contributed by atoms with E-state index in [2.05, 4.69) is 114 Å². The molecule has 0 saturated carbocycles. The zero-order valence-corrected chi connectivity index (χ0v) is 32.9. The molecule has 0 N–H and O–H groups in total. The number of rotatable bonds is 5. The van der Waals surface area contributed by atoms with Crippen molar-refractivity contribution in [2.75, 3.05) is 0 Å². The first-order valence-electron chi connectivity index (χ1n) is 23.0. The highest BCUT2D eigenvalue weighted by molar-refractivity contribution is 6.26. The van der Waals surface area contributed by atoms with Crippen LogP contribution in [0.1, 0.15) is 6.85 Å². The molecule has 0 amide bonds. The van der Waals surface area contributed by atoms with Crippen molar-refractivity contribution in [3.63, 3.8) is 0 Å². The zero-order valence-electron chi connectivity index (χ0n) is 37.9. The Morgan fingerprint density at radius 2 is 0.887 bits per heavy atom. The Bertz CT molecular complexity index is 4120. The van der Waals surface area contributed by atoms with E-state index >= 15 is 0 Å². The summed E-state index contributed by atoms with van der Waals surface area (Å²) in [6.07, 6.45) is 0. The molecule has 3 heterocycles. The Morgan fingerprint density at radius 1 is 0.371 bits per heavy atom. The summed E-state index contributed by atoms with van der Waals surface area (Å²) in [6.45, 7) is 0. The predicted molar refractivity (Wildman–Crippen MR) is 256 cm³/mol. The minimum atomic E-state index is -0.496. The zero-order chi connectivity index (χ0) is 45.1. The van der Waals surface area contributed by atoms with Crippen LogP contribution in [-0.4, -0.2) is 19.5 Å². The van der Waals surface area contributed by atoms with E-state index in [1.165, 1.54) is 32.3 Å². The lowest BCUT2D eigenvalue weighted by molar-refractivity contribution is 0.669. The van der Waals surface area contributed by atoms with Gasteiger partial charge in [-0.3, -0.25) is 0 Å². The summed E-state index contributed by atoms with van der Waals surface area (Å²) < 4.78 is 52.3. The summed E-state index contributed by atoms with van der Waals surface area (Å²) in [5.41, 5.74) is 7.24. The molecule has 0 atom stereocenters. The largest absolute Gasteiger partial charge is 0.455 e. The molecule has 5 heteroatoms. The van der Waals surface area contributed by atoms with Crippen molar-refractivity contribution in [1.82, 2.24) is 19.5 Å². The van der Waals surface area contributed by atoms with Crippen LogP contribution in [0.4, 0.5) is 0 Å². The molecule has 0 aliphatic carbocycles. The van der Waals surface area contributed by atoms with Gasteiger partial charge in [0.2, 0.25) is 0 Å². The molecule has 0 aliphatic rings. The second-order valence-electron chi connectivity index (χ2n) is 15.6. The minimum Gasteiger partial charge on any atom is -0.455 e. The number of fused-ring (bicyclic) bond motifs is 12. The average Bonchev–Trinajstić information content (AvgIpc) is 3.93. The molecule has 13 rings (SSSR count). The number of hydrogen-bond donors (Lipinski definition) is 0. The van der Waals surface area contributed by atoms with Crippen LogP contribution >= 0.6 is 0 Å². The Labute approximate surface area is 362 Å². The van der Waals surface area contributed by atoms with Gasteiger partial charge >= 0.3 is 0 Å². The highest BCUT2D eigenvalue weighted by atomic mass is 16.3. The summed E-state index contributed by atoms with van der Waals surface area (Å²) in [4.78, 5) is 14.9. The molecule has 0 saturated heterocycles. The van der Waals surface area contributed by atoms with Crippen molar-refractivity contribution < 1.29 is 11.3 Å². The molecular formula is C57H34N4O. The van der Waals surface area contributed by atoms with E-state index in [-0.39, 0.29) is 23.0 Å². The number of para-hydroxylation sites is 2. The maximum atomic E-state index is 8.93. The molecule has 0 spiro atoms. The lowest BCUT2D eigenvalue weighted by Gasteiger charge is -2.13. The van der Waals surface area contributed by atoms with Gasteiger partial charge in [-0.2, -0.15) is 0 Å². The van der Waals surface area contributed by atoms with Crippen molar-refractivity contribution in [1.29, 1.82) is 0 Å². The Morgan fingerprint density at radius 3 is 1.55 bits per heavy atom. The molecule has 3 aromatic heterocycles. The van der Waals surface area contributed by atoms with E-state index in [1.54, 1.807) is 0 Å². The average molecular weight is 796 g/mol. The van der Waals surface area contributed by atoms with Crippen molar-refractivity contribution in [2.45, 2.75) is 0 Å². The first kappa shape index (κ1) is 29.7. The van der Waals surface area contributed by atoms with Crippen LogP contribution in [0, 0.1) is 0 Å². The van der Waals surface area contributed by atoms with Crippen molar-refractivity contribution >= 4 is 76.1 Å². The number of benzene rings is 10. The van der Waals surface area contributed by atoms with Crippen LogP contribution < -0.4 is 0 Å². The Hall–Kier alpha value is -8.41. The van der Waals surface area contributed by atoms with Crippen LogP contribution in [0.3, 0.4) is 0 Å². The topological polar surface area (TPSA) is 56.7 Å². The normalized spacial score (nSPS) is 13.0. The molecule has 13 aromatic rings. The van der Waals surface area contributed by atoms with Gasteiger partial charge in [0.05, 0.1) is 23.5 Å². The lowest BCUT2D eigenvalue weighted by Crippen LogP contribution is -2.01. The van der Waals surface area contributed by atoms with Gasteiger partial charge in [0.1, 0.15) is 11.2 Å². The Kier molecular flexibility index (Phi) is 6.51. The van der Waals surface area contributed by atoms with E-state index in [1.807, 2.05) is 66.7 Å². The molecule has 0 unspecified atom stereocenters. The molecule has 62 heavy (non-hydrogen) atoms. The third-order valence-electron chi connectivity index (χ3n) is 12.1. The Balaban J connectivity index is 1.10. The van der Waals surface area contributed by atoms with Gasteiger partial charge in [-0.15, -0.1) is 0 Å². The first-order chi connectivity index (χ1) is 32.8. The lowest BCUT2D eigenvalue weighted by atomic mass is 9.92. The van der Waals surface area contributed by atoms with E-state index in [4.69, 9.17) is 26.2 Å². The van der Waals surface area contributed by atoms with Gasteiger partial charge in [0, 0.05) is 38.4 Å². The van der Waals surface area contributed by atoms with Crippen LogP contribution in [0.5, 0.6) is 0 Å². The fourth-order valence-corrected chi connectivity index (χ4v) is 9.31. The summed E-state index contributed by atoms with van der Waals surface area (Å²) >= 11 is 0. The third-order valence-corrected chi connectivity index (χ3v) is 12.1. The number of nitrogens with zero attached hydrogens (tertiary/aromatic N) is 4. The SMILES string of the molecule is [2H]c1c([2H])c([2H])c(-c2nc(-c3ccccc3)nc(-c3cc(-n4c5ccccc5c5ccccc54)cc4c3oc3ccc(-c5ccc6c7ccccc7c7ccccc7c6c5)cc34)n2)c([2H])c1[2H]. The monoisotopic (exact) mass is 795 g/mol. The number of furan rings is 1. The predicted octanol–water partition coefficient (Wildman–Crippen LogP) is 15.0. The summed E-state index contributed by atoms with van der Waals surface area (Å²) in [5, 5.41) is 11.2. The van der Waals surface area contributed by atoms with Crippen molar-refractivity contribution in [3.8, 4) is 51.0 Å². The van der Waals surface area contributed by atoms with Crippen LogP contribution in [0.2, 0.25) is 0 Å². The van der Waals surface area contributed by atoms with Gasteiger partial charge < -0.3 is 8.98 Å². The quantitative estimate of drug-likeness (QED) is 0.163. The molecular weight excluding hydrogens is 757 g/mol. The highest BCUT2D eigenvalue weighted by Crippen LogP contribution is 2.43. The molecule has 0 aliphatic heterocycles. The summed E-state index contributed by atoms with van der Waals surface area (Å²) in [7, 11) is 0. The smallest absolute Gasteiger partial charge is 0.167 e. The van der Waals surface area contributed by atoms with E-state index in [0.29, 0.717) is 22.3 Å². The molecule has 288 valence electrons. The van der Waals surface area contributed by atoms with E-state index in [9.17, 15) is 0 Å². The molecule has 0 radical (unpaired) electrons. The van der Waals surface area contributed by atoms with Gasteiger partial charge in [-0.05, 0) is 85.9 Å². The first-order valence-corrected chi connectivity index (χ1v) is 20.5. The van der Waals surface area contributed by atoms with E-state index < -0.39 is 30.2 Å². The van der Waals surface area contributed by atoms with Gasteiger partial charge in [-0.25, -0.2) is 15.0 Å². The third kappa shape index (κ3) is 5.32. The second kappa shape index (κ2) is 13.6. The van der Waals surface area contributed by atoms with Gasteiger partial charge in [0.15, 0.2) is 17.5 Å². The molecule has 0 bridgehead atoms. The van der Waals surface area contributed by atoms with E-state index in [0.717, 1.165) is 49.4 Å². The van der Waals surface area contributed by atoms with Crippen LogP contribution in [0.25, 0.3) is 127 Å². The molecule has 5 nitrogen and oxygen atoms in total. The standard InChI is InChI=1S/C57H34N4O/c1-3-15-35(16-4-1)55-58-56(36-17-5-2-6-18-36)60-57(59-55)50-34-39(61-51-25-13-11-23-45(51)46-24-12-14-26-52(46)61)33-49-48-32-38(28-30-53(48)62-54(49)50)37-27-29-44-42-21-8-7-19-40(42)41-20-9-10-22-43(41)47(44)31-37/h1-34H/i1D,3D,4D,15D,16D. The summed E-state index contributed by atoms with van der Waals surface area (Å²) in [5.74, 6) is 0.445. The minimum absolute atomic E-state index is 0.0497. The molecule has 10 aromatic carbocycles. The van der Waals surface area contributed by atoms with Gasteiger partial charge in [0.25, 0.3) is 0 Å². The van der Waals surface area contributed by atoms with Crippen LogP contribution in [0.15, 0.2) is 211 Å². The highest BCUT2D eigenvalue weighted by Gasteiger charge is 2.22. The van der Waals surface area contributed by atoms with Crippen LogP contribution in [-0.2, 0) is 0 Å². The maximum absolute atomic E-state index is 8.93. The number of hydrogen-bond acceptors (Lipinski definition) is 4. The number of aromatic nitrogens is 4. The summed E-state index contributed by atoms with van der Waals surface area (Å²) in [6, 6.07) is 58.2. The van der Waals surface area contributed by atoms with Crippen molar-refractivity contribution in [2.24, 2.45) is 0 Å². The fraction of sp³-hybridized carbons (Fsp3) is 0. The fourth-order valence-electron chi connectivity index (χ4n) is 9.31. The van der Waals surface area contributed by atoms with Gasteiger partial charge in [-0.1, -0.05) is 164 Å². The van der Waals surface area contributed by atoms with Crippen molar-refractivity contribution in [3.05, 3.63) is 206 Å². The second-order valence-corrected chi connectivity index (χ2v) is 15.6.